The first kappa shape index (κ1) is 13.4. The second-order valence-electron chi connectivity index (χ2n) is 4.61. The molecule has 0 aliphatic carbocycles. The molecule has 1 aromatic rings. The zero-order chi connectivity index (χ0) is 13.0. The zero-order valence-electron chi connectivity index (χ0n) is 10.7. The van der Waals surface area contributed by atoms with Crippen molar-refractivity contribution in [2.45, 2.75) is 25.8 Å². The van der Waals surface area contributed by atoms with Crippen LogP contribution < -0.4 is 5.32 Å². The first-order valence-electron chi connectivity index (χ1n) is 6.49. The Kier molecular flexibility index (Phi) is 4.61. The van der Waals surface area contributed by atoms with Crippen LogP contribution >= 0.6 is 11.6 Å². The molecule has 98 valence electrons. The fourth-order valence-electron chi connectivity index (χ4n) is 2.49. The van der Waals surface area contributed by atoms with Crippen molar-refractivity contribution in [1.82, 2.24) is 10.2 Å². The Morgan fingerprint density at radius 2 is 2.28 bits per heavy atom. The summed E-state index contributed by atoms with van der Waals surface area (Å²) >= 11 is 6.00. The summed E-state index contributed by atoms with van der Waals surface area (Å²) in [5.74, 6) is -0.0800. The second-order valence-corrected chi connectivity index (χ2v) is 5.02. The molecule has 1 N–H and O–H groups in total. The van der Waals surface area contributed by atoms with Gasteiger partial charge in [0, 0.05) is 12.6 Å². The largest absolute Gasteiger partial charge is 0.350 e. The van der Waals surface area contributed by atoms with Gasteiger partial charge in [0.2, 0.25) is 0 Å². The van der Waals surface area contributed by atoms with Crippen molar-refractivity contribution in [3.05, 3.63) is 34.9 Å². The van der Waals surface area contributed by atoms with Gasteiger partial charge in [-0.25, -0.2) is 0 Å². The van der Waals surface area contributed by atoms with Crippen LogP contribution in [0.5, 0.6) is 0 Å². The van der Waals surface area contributed by atoms with Crippen LogP contribution in [-0.4, -0.2) is 36.5 Å². The van der Waals surface area contributed by atoms with Gasteiger partial charge >= 0.3 is 0 Å². The molecule has 0 aromatic heterocycles. The Labute approximate surface area is 113 Å². The lowest BCUT2D eigenvalue weighted by Gasteiger charge is -2.22. The summed E-state index contributed by atoms with van der Waals surface area (Å²) in [5.41, 5.74) is 0.556. The predicted octanol–water partition coefficient (Wildman–Crippen LogP) is 2.55. The van der Waals surface area contributed by atoms with Gasteiger partial charge in [0.15, 0.2) is 0 Å². The first-order valence-corrected chi connectivity index (χ1v) is 6.87. The number of nitrogens with one attached hydrogen (secondary N) is 1. The van der Waals surface area contributed by atoms with Gasteiger partial charge in [-0.1, -0.05) is 30.7 Å². The van der Waals surface area contributed by atoms with Crippen molar-refractivity contribution in [2.75, 3.05) is 19.6 Å². The third kappa shape index (κ3) is 3.03. The van der Waals surface area contributed by atoms with Crippen molar-refractivity contribution >= 4 is 17.5 Å². The molecule has 1 fully saturated rings. The number of benzene rings is 1. The molecular weight excluding hydrogens is 248 g/mol. The summed E-state index contributed by atoms with van der Waals surface area (Å²) in [5, 5.41) is 3.49. The minimum Gasteiger partial charge on any atom is -0.350 e. The number of hydrogen-bond donors (Lipinski definition) is 1. The highest BCUT2D eigenvalue weighted by molar-refractivity contribution is 6.33. The van der Waals surface area contributed by atoms with Gasteiger partial charge in [-0.3, -0.25) is 9.69 Å². The normalized spacial score (nSPS) is 20.0. The topological polar surface area (TPSA) is 32.3 Å². The minimum absolute atomic E-state index is 0.0800. The number of carbonyl (C=O) groups is 1. The van der Waals surface area contributed by atoms with Crippen molar-refractivity contribution in [3.63, 3.8) is 0 Å². The van der Waals surface area contributed by atoms with Crippen LogP contribution in [0.15, 0.2) is 24.3 Å². The average Bonchev–Trinajstić information content (AvgIpc) is 2.84. The summed E-state index contributed by atoms with van der Waals surface area (Å²) in [6.45, 7) is 5.06. The minimum atomic E-state index is -0.0800. The number of hydrogen-bond acceptors (Lipinski definition) is 2. The number of amides is 1. The van der Waals surface area contributed by atoms with Crippen LogP contribution in [0.25, 0.3) is 0 Å². The van der Waals surface area contributed by atoms with E-state index in [1.54, 1.807) is 12.1 Å². The smallest absolute Gasteiger partial charge is 0.252 e. The third-order valence-electron chi connectivity index (χ3n) is 3.52. The molecule has 18 heavy (non-hydrogen) atoms. The number of likely N-dealkylation sites (N-methyl/N-ethyl adjacent to an activating group) is 1. The summed E-state index contributed by atoms with van der Waals surface area (Å²) in [6.07, 6.45) is 2.39. The second kappa shape index (κ2) is 6.21. The van der Waals surface area contributed by atoms with E-state index in [0.29, 0.717) is 23.2 Å². The van der Waals surface area contributed by atoms with Crippen molar-refractivity contribution in [2.24, 2.45) is 0 Å². The number of rotatable bonds is 4. The van der Waals surface area contributed by atoms with Gasteiger partial charge in [-0.05, 0) is 38.1 Å². The molecule has 3 nitrogen and oxygen atoms in total. The van der Waals surface area contributed by atoms with Crippen molar-refractivity contribution in [1.29, 1.82) is 0 Å². The Hall–Kier alpha value is -1.06. The van der Waals surface area contributed by atoms with E-state index in [9.17, 15) is 4.79 Å². The predicted molar refractivity (Wildman–Crippen MR) is 74.1 cm³/mol. The molecule has 1 aliphatic heterocycles. The molecule has 0 bridgehead atoms. The van der Waals surface area contributed by atoms with Gasteiger partial charge < -0.3 is 5.32 Å². The van der Waals surface area contributed by atoms with Gasteiger partial charge in [-0.2, -0.15) is 0 Å². The molecule has 2 rings (SSSR count). The quantitative estimate of drug-likeness (QED) is 0.908. The maximum absolute atomic E-state index is 12.0. The van der Waals surface area contributed by atoms with Crippen LogP contribution in [0.1, 0.15) is 30.1 Å². The summed E-state index contributed by atoms with van der Waals surface area (Å²) in [7, 11) is 0. The Morgan fingerprint density at radius 1 is 1.50 bits per heavy atom. The average molecular weight is 267 g/mol. The Balaban J connectivity index is 1.91. The summed E-state index contributed by atoms with van der Waals surface area (Å²) < 4.78 is 0. The van der Waals surface area contributed by atoms with E-state index < -0.39 is 0 Å². The van der Waals surface area contributed by atoms with Gasteiger partial charge in [0.25, 0.3) is 5.91 Å². The molecule has 1 saturated heterocycles. The Morgan fingerprint density at radius 3 is 3.00 bits per heavy atom. The maximum Gasteiger partial charge on any atom is 0.252 e. The Bertz CT molecular complexity index is 422. The molecule has 1 amide bonds. The van der Waals surface area contributed by atoms with Crippen LogP contribution in [0, 0.1) is 0 Å². The molecule has 0 unspecified atom stereocenters. The standard InChI is InChI=1S/C14H19ClN2O/c1-2-17-9-5-6-11(17)10-16-14(18)12-7-3-4-8-13(12)15/h3-4,7-8,11H,2,5-6,9-10H2,1H3,(H,16,18)/t11-/m0/s1. The lowest BCUT2D eigenvalue weighted by Crippen LogP contribution is -2.40. The van der Waals surface area contributed by atoms with E-state index in [4.69, 9.17) is 11.6 Å². The molecule has 4 heteroatoms. The van der Waals surface area contributed by atoms with E-state index >= 15 is 0 Å². The molecule has 0 saturated carbocycles. The van der Waals surface area contributed by atoms with Crippen molar-refractivity contribution < 1.29 is 4.79 Å². The number of likely N-dealkylation sites (tertiary alicyclic amines) is 1. The monoisotopic (exact) mass is 266 g/mol. The maximum atomic E-state index is 12.0. The summed E-state index contributed by atoms with van der Waals surface area (Å²) in [4.78, 5) is 14.4. The van der Waals surface area contributed by atoms with E-state index in [2.05, 4.69) is 17.1 Å². The molecule has 1 aliphatic rings. The molecular formula is C14H19ClN2O. The molecule has 0 spiro atoms. The number of halogens is 1. The highest BCUT2D eigenvalue weighted by atomic mass is 35.5. The SMILES string of the molecule is CCN1CCC[C@H]1CNC(=O)c1ccccc1Cl. The van der Waals surface area contributed by atoms with Crippen molar-refractivity contribution in [3.8, 4) is 0 Å². The number of nitrogens with zero attached hydrogens (tertiary/aromatic N) is 1. The van der Waals surface area contributed by atoms with E-state index in [1.807, 2.05) is 12.1 Å². The molecule has 1 atom stereocenters. The zero-order valence-corrected chi connectivity index (χ0v) is 11.4. The van der Waals surface area contributed by atoms with Crippen LogP contribution in [0.2, 0.25) is 5.02 Å². The van der Waals surface area contributed by atoms with Crippen LogP contribution in [0.4, 0.5) is 0 Å². The van der Waals surface area contributed by atoms with Gasteiger partial charge in [0.05, 0.1) is 10.6 Å². The summed E-state index contributed by atoms with van der Waals surface area (Å²) in [6, 6.07) is 7.62. The highest BCUT2D eigenvalue weighted by Crippen LogP contribution is 2.17. The van der Waals surface area contributed by atoms with E-state index in [-0.39, 0.29) is 5.91 Å². The van der Waals surface area contributed by atoms with Crippen LogP contribution in [-0.2, 0) is 0 Å². The molecule has 1 aromatic carbocycles. The lowest BCUT2D eigenvalue weighted by molar-refractivity contribution is 0.0941. The molecule has 0 radical (unpaired) electrons. The lowest BCUT2D eigenvalue weighted by atomic mass is 10.2. The highest BCUT2D eigenvalue weighted by Gasteiger charge is 2.23. The first-order chi connectivity index (χ1) is 8.72. The number of carbonyl (C=O) groups excluding carboxylic acids is 1. The van der Waals surface area contributed by atoms with Gasteiger partial charge in [-0.15, -0.1) is 0 Å². The van der Waals surface area contributed by atoms with Crippen LogP contribution in [0.3, 0.4) is 0 Å². The third-order valence-corrected chi connectivity index (χ3v) is 3.85. The van der Waals surface area contributed by atoms with E-state index in [0.717, 1.165) is 19.5 Å². The van der Waals surface area contributed by atoms with E-state index in [1.165, 1.54) is 6.42 Å². The fourth-order valence-corrected chi connectivity index (χ4v) is 2.72. The molecule has 1 heterocycles. The fraction of sp³-hybridized carbons (Fsp3) is 0.500. The van der Waals surface area contributed by atoms with Gasteiger partial charge in [0.1, 0.15) is 0 Å².